The van der Waals surface area contributed by atoms with Gasteiger partial charge in [0.1, 0.15) is 24.4 Å². The second kappa shape index (κ2) is 8.97. The van der Waals surface area contributed by atoms with Crippen molar-refractivity contribution in [2.45, 2.75) is 18.3 Å². The van der Waals surface area contributed by atoms with E-state index in [2.05, 4.69) is 9.97 Å². The predicted octanol–water partition coefficient (Wildman–Crippen LogP) is 3.28. The molecule has 0 fully saturated rings. The number of furan rings is 1. The number of hydrogen-bond donors (Lipinski definition) is 0. The molecule has 3 aromatic heterocycles. The Balaban J connectivity index is 1.94. The van der Waals surface area contributed by atoms with Crippen molar-refractivity contribution in [2.24, 2.45) is 0 Å². The van der Waals surface area contributed by atoms with Gasteiger partial charge >= 0.3 is 5.16 Å². The maximum atomic E-state index is 12.0. The van der Waals surface area contributed by atoms with Crippen LogP contribution in [0.25, 0.3) is 33.6 Å². The molecule has 0 amide bonds. The fourth-order valence-corrected chi connectivity index (χ4v) is 3.76. The van der Waals surface area contributed by atoms with E-state index in [-0.39, 0.29) is 5.16 Å². The summed E-state index contributed by atoms with van der Waals surface area (Å²) in [6, 6.07) is 9.66. The highest BCUT2D eigenvalue weighted by atomic mass is 32.2. The second-order valence-corrected chi connectivity index (χ2v) is 7.94. The number of fused-ring (bicyclic) bond motifs is 1. The Morgan fingerprint density at radius 2 is 2.00 bits per heavy atom. The van der Waals surface area contributed by atoms with Gasteiger partial charge in [-0.3, -0.25) is 0 Å². The third kappa shape index (κ3) is 3.97. The SMILES string of the molecule is COCCc1nc(-c2ccc3ccoc3c2)c(-c2ccnc([S+](C)[O-])n2)n1COC. The van der Waals surface area contributed by atoms with Crippen molar-refractivity contribution >= 4 is 22.1 Å². The Labute approximate surface area is 177 Å². The first-order chi connectivity index (χ1) is 14.6. The van der Waals surface area contributed by atoms with Gasteiger partial charge in [0.05, 0.1) is 30.0 Å². The van der Waals surface area contributed by atoms with Crippen molar-refractivity contribution in [1.82, 2.24) is 19.5 Å². The van der Waals surface area contributed by atoms with Gasteiger partial charge in [0.25, 0.3) is 0 Å². The average Bonchev–Trinajstić information content (AvgIpc) is 3.36. The van der Waals surface area contributed by atoms with E-state index >= 15 is 0 Å². The molecule has 3 heterocycles. The molecule has 0 aliphatic carbocycles. The van der Waals surface area contributed by atoms with Crippen LogP contribution in [0.15, 0.2) is 52.4 Å². The molecule has 0 aliphatic heterocycles. The summed E-state index contributed by atoms with van der Waals surface area (Å²) in [5.74, 6) is 0.807. The molecular weight excluding hydrogens is 404 g/mol. The molecule has 1 aromatic carbocycles. The minimum Gasteiger partial charge on any atom is -0.609 e. The Morgan fingerprint density at radius 1 is 1.13 bits per heavy atom. The number of methoxy groups -OCH3 is 2. The number of hydrogen-bond acceptors (Lipinski definition) is 7. The molecule has 1 unspecified atom stereocenters. The Kier molecular flexibility index (Phi) is 6.14. The van der Waals surface area contributed by atoms with Crippen molar-refractivity contribution in [1.29, 1.82) is 0 Å². The van der Waals surface area contributed by atoms with E-state index in [4.69, 9.17) is 18.9 Å². The molecule has 30 heavy (non-hydrogen) atoms. The van der Waals surface area contributed by atoms with Crippen LogP contribution in [0.5, 0.6) is 0 Å². The quantitative estimate of drug-likeness (QED) is 0.315. The number of ether oxygens (including phenoxy) is 2. The van der Waals surface area contributed by atoms with Crippen molar-refractivity contribution in [3.63, 3.8) is 0 Å². The van der Waals surface area contributed by atoms with Crippen LogP contribution in [-0.4, -0.2) is 51.2 Å². The third-order valence-electron chi connectivity index (χ3n) is 4.70. The minimum absolute atomic E-state index is 0.267. The Hall–Kier alpha value is -2.72. The molecule has 4 aromatic rings. The smallest absolute Gasteiger partial charge is 0.343 e. The van der Waals surface area contributed by atoms with Crippen molar-refractivity contribution in [3.8, 4) is 22.6 Å². The minimum atomic E-state index is -1.30. The zero-order valence-electron chi connectivity index (χ0n) is 17.0. The zero-order chi connectivity index (χ0) is 21.1. The predicted molar refractivity (Wildman–Crippen MR) is 113 cm³/mol. The van der Waals surface area contributed by atoms with Gasteiger partial charge in [-0.15, -0.1) is 0 Å². The van der Waals surface area contributed by atoms with E-state index in [1.807, 2.05) is 28.8 Å². The number of benzene rings is 1. The molecule has 0 saturated heterocycles. The van der Waals surface area contributed by atoms with Gasteiger partial charge in [-0.2, -0.15) is 9.97 Å². The second-order valence-electron chi connectivity index (χ2n) is 6.67. The van der Waals surface area contributed by atoms with Crippen LogP contribution in [0, 0.1) is 0 Å². The standard InChI is InChI=1S/C21H22N4O4S/c1-27-10-8-18-24-19(15-5-4-14-7-11-29-17(14)12-15)20(25(18)13-28-2)16-6-9-22-21(23-16)30(3)26/h4-7,9,11-12H,8,10,13H2,1-3H3. The summed E-state index contributed by atoms with van der Waals surface area (Å²) in [4.78, 5) is 13.6. The lowest BCUT2D eigenvalue weighted by Crippen LogP contribution is -2.11. The van der Waals surface area contributed by atoms with Crippen molar-refractivity contribution in [3.05, 3.63) is 48.6 Å². The van der Waals surface area contributed by atoms with Crippen LogP contribution in [0.1, 0.15) is 5.82 Å². The third-order valence-corrected chi connectivity index (χ3v) is 5.41. The molecule has 0 radical (unpaired) electrons. The Bertz CT molecular complexity index is 1160. The lowest BCUT2D eigenvalue weighted by molar-refractivity contribution is 0.127. The van der Waals surface area contributed by atoms with Crippen molar-refractivity contribution < 1.29 is 18.4 Å². The number of rotatable bonds is 8. The van der Waals surface area contributed by atoms with Gasteiger partial charge in [0.2, 0.25) is 0 Å². The lowest BCUT2D eigenvalue weighted by atomic mass is 10.1. The number of imidazole rings is 1. The molecule has 8 nitrogen and oxygen atoms in total. The zero-order valence-corrected chi connectivity index (χ0v) is 17.8. The molecule has 1 atom stereocenters. The highest BCUT2D eigenvalue weighted by Gasteiger charge is 2.23. The monoisotopic (exact) mass is 426 g/mol. The maximum absolute atomic E-state index is 12.0. The van der Waals surface area contributed by atoms with E-state index < -0.39 is 11.2 Å². The highest BCUT2D eigenvalue weighted by Crippen LogP contribution is 2.34. The van der Waals surface area contributed by atoms with E-state index in [1.54, 1.807) is 39.0 Å². The summed E-state index contributed by atoms with van der Waals surface area (Å²) in [6.07, 6.45) is 5.43. The molecule has 0 saturated carbocycles. The van der Waals surface area contributed by atoms with Crippen LogP contribution >= 0.6 is 0 Å². The summed E-state index contributed by atoms with van der Waals surface area (Å²) in [6.45, 7) is 0.809. The first-order valence-corrected chi connectivity index (χ1v) is 10.9. The molecule has 0 spiro atoms. The van der Waals surface area contributed by atoms with E-state index in [9.17, 15) is 4.55 Å². The van der Waals surface area contributed by atoms with E-state index in [0.29, 0.717) is 25.5 Å². The van der Waals surface area contributed by atoms with Gasteiger partial charge < -0.3 is 23.0 Å². The van der Waals surface area contributed by atoms with Gasteiger partial charge in [-0.25, -0.2) is 4.98 Å². The topological polar surface area (TPSA) is 98.3 Å². The highest BCUT2D eigenvalue weighted by molar-refractivity contribution is 7.90. The van der Waals surface area contributed by atoms with Crippen molar-refractivity contribution in [2.75, 3.05) is 27.1 Å². The van der Waals surface area contributed by atoms with Gasteiger partial charge in [0, 0.05) is 49.0 Å². The summed E-state index contributed by atoms with van der Waals surface area (Å²) in [5.41, 5.74) is 3.79. The molecule has 0 bridgehead atoms. The summed E-state index contributed by atoms with van der Waals surface area (Å²) in [7, 11) is 3.29. The van der Waals surface area contributed by atoms with E-state index in [1.165, 1.54) is 0 Å². The summed E-state index contributed by atoms with van der Waals surface area (Å²) >= 11 is -1.30. The molecule has 0 N–H and O–H groups in total. The van der Waals surface area contributed by atoms with Crippen LogP contribution in [-0.2, 0) is 33.8 Å². The number of aromatic nitrogens is 4. The summed E-state index contributed by atoms with van der Waals surface area (Å²) < 4.78 is 30.2. The molecule has 9 heteroatoms. The van der Waals surface area contributed by atoms with Gasteiger partial charge in [-0.05, 0) is 18.2 Å². The molecule has 0 aliphatic rings. The van der Waals surface area contributed by atoms with Crippen LogP contribution in [0.2, 0.25) is 0 Å². The van der Waals surface area contributed by atoms with Gasteiger partial charge in [-0.1, -0.05) is 12.1 Å². The van der Waals surface area contributed by atoms with Crippen LogP contribution < -0.4 is 0 Å². The normalized spacial score (nSPS) is 12.5. The fourth-order valence-electron chi connectivity index (χ4n) is 3.33. The first kappa shape index (κ1) is 20.5. The molecule has 4 rings (SSSR count). The largest absolute Gasteiger partial charge is 0.609 e. The van der Waals surface area contributed by atoms with E-state index in [0.717, 1.165) is 33.7 Å². The lowest BCUT2D eigenvalue weighted by Gasteiger charge is -2.12. The van der Waals surface area contributed by atoms with Crippen LogP contribution in [0.3, 0.4) is 0 Å². The van der Waals surface area contributed by atoms with Crippen LogP contribution in [0.4, 0.5) is 0 Å². The average molecular weight is 426 g/mol. The summed E-state index contributed by atoms with van der Waals surface area (Å²) in [5, 5.41) is 1.28. The molecular formula is C21H22N4O4S. The number of nitrogens with zero attached hydrogens (tertiary/aromatic N) is 4. The Morgan fingerprint density at radius 3 is 2.77 bits per heavy atom. The van der Waals surface area contributed by atoms with Gasteiger partial charge in [0.15, 0.2) is 0 Å². The fraction of sp³-hybridized carbons (Fsp3) is 0.286. The maximum Gasteiger partial charge on any atom is 0.343 e. The molecule has 156 valence electrons. The first-order valence-electron chi connectivity index (χ1n) is 9.34.